The molecule has 1 amide bonds. The van der Waals surface area contributed by atoms with Gasteiger partial charge in [0.1, 0.15) is 5.75 Å². The number of aromatic nitrogens is 2. The van der Waals surface area contributed by atoms with Crippen LogP contribution in [0.15, 0.2) is 92.3 Å². The van der Waals surface area contributed by atoms with Crippen LogP contribution in [0.5, 0.6) is 5.75 Å². The van der Waals surface area contributed by atoms with Crippen molar-refractivity contribution in [3.05, 3.63) is 93.2 Å². The lowest BCUT2D eigenvalue weighted by Crippen LogP contribution is -2.24. The van der Waals surface area contributed by atoms with Crippen molar-refractivity contribution >= 4 is 50.7 Å². The molecule has 178 valence electrons. The summed E-state index contributed by atoms with van der Waals surface area (Å²) in [4.78, 5) is 30.3. The average molecular weight is 551 g/mol. The fraction of sp³-hybridized carbons (Fsp3) is 0.154. The van der Waals surface area contributed by atoms with E-state index in [2.05, 4.69) is 38.4 Å². The number of nitrogens with zero attached hydrogens (tertiary/aromatic N) is 3. The SMILES string of the molecule is CCCOc1ccc(/C=N/NC(=O)CSc2nc3ccccc3c(=O)n2-c2ccc(Br)cc2)cc1. The van der Waals surface area contributed by atoms with E-state index in [4.69, 9.17) is 4.74 Å². The lowest BCUT2D eigenvalue weighted by molar-refractivity contribution is -0.118. The van der Waals surface area contributed by atoms with E-state index in [0.29, 0.717) is 28.4 Å². The molecular formula is C26H23BrN4O3S. The molecule has 0 spiro atoms. The number of hydrogen-bond donors (Lipinski definition) is 1. The van der Waals surface area contributed by atoms with Gasteiger partial charge in [-0.25, -0.2) is 10.4 Å². The maximum absolute atomic E-state index is 13.3. The number of carbonyl (C=O) groups is 1. The quantitative estimate of drug-likeness (QED) is 0.134. The van der Waals surface area contributed by atoms with Gasteiger partial charge in [0.2, 0.25) is 0 Å². The van der Waals surface area contributed by atoms with Crippen molar-refractivity contribution in [3.8, 4) is 11.4 Å². The molecule has 35 heavy (non-hydrogen) atoms. The smallest absolute Gasteiger partial charge is 0.266 e. The van der Waals surface area contributed by atoms with Crippen LogP contribution >= 0.6 is 27.7 Å². The van der Waals surface area contributed by atoms with Crippen molar-refractivity contribution in [3.63, 3.8) is 0 Å². The second kappa shape index (κ2) is 11.8. The summed E-state index contributed by atoms with van der Waals surface area (Å²) in [7, 11) is 0. The molecule has 1 N–H and O–H groups in total. The zero-order valence-corrected chi connectivity index (χ0v) is 21.4. The lowest BCUT2D eigenvalue weighted by atomic mass is 10.2. The fourth-order valence-electron chi connectivity index (χ4n) is 3.24. The second-order valence-corrected chi connectivity index (χ2v) is 9.39. The van der Waals surface area contributed by atoms with E-state index in [0.717, 1.165) is 22.2 Å². The van der Waals surface area contributed by atoms with Gasteiger partial charge in [-0.05, 0) is 72.6 Å². The number of rotatable bonds is 9. The summed E-state index contributed by atoms with van der Waals surface area (Å²) in [5, 5.41) is 4.97. The van der Waals surface area contributed by atoms with Gasteiger partial charge in [-0.15, -0.1) is 0 Å². The summed E-state index contributed by atoms with van der Waals surface area (Å²) >= 11 is 4.59. The number of hydrazone groups is 1. The third-order valence-corrected chi connectivity index (χ3v) is 6.39. The number of thioether (sulfide) groups is 1. The number of para-hydroxylation sites is 1. The summed E-state index contributed by atoms with van der Waals surface area (Å²) in [6.07, 6.45) is 2.51. The predicted molar refractivity (Wildman–Crippen MR) is 144 cm³/mol. The molecule has 0 saturated heterocycles. The highest BCUT2D eigenvalue weighted by Gasteiger charge is 2.14. The Labute approximate surface area is 215 Å². The molecule has 0 aliphatic carbocycles. The Morgan fingerprint density at radius 2 is 1.86 bits per heavy atom. The van der Waals surface area contributed by atoms with Crippen LogP contribution in [0.1, 0.15) is 18.9 Å². The van der Waals surface area contributed by atoms with E-state index in [-0.39, 0.29) is 17.2 Å². The van der Waals surface area contributed by atoms with Crippen molar-refractivity contribution in [1.29, 1.82) is 0 Å². The first kappa shape index (κ1) is 24.7. The summed E-state index contributed by atoms with van der Waals surface area (Å²) in [5.41, 5.74) is 4.42. The first-order chi connectivity index (χ1) is 17.0. The molecule has 4 rings (SSSR count). The Balaban J connectivity index is 1.47. The molecule has 0 radical (unpaired) electrons. The highest BCUT2D eigenvalue weighted by Crippen LogP contribution is 2.22. The highest BCUT2D eigenvalue weighted by atomic mass is 79.9. The lowest BCUT2D eigenvalue weighted by Gasteiger charge is -2.13. The number of halogens is 1. The minimum atomic E-state index is -0.307. The fourth-order valence-corrected chi connectivity index (χ4v) is 4.31. The molecule has 0 aliphatic rings. The Morgan fingerprint density at radius 3 is 2.60 bits per heavy atom. The number of hydrogen-bond acceptors (Lipinski definition) is 6. The zero-order valence-electron chi connectivity index (χ0n) is 19.0. The molecule has 1 heterocycles. The molecule has 0 aliphatic heterocycles. The predicted octanol–water partition coefficient (Wildman–Crippen LogP) is 5.18. The Hall–Kier alpha value is -3.43. The minimum Gasteiger partial charge on any atom is -0.494 e. The van der Waals surface area contributed by atoms with Gasteiger partial charge in [-0.1, -0.05) is 46.7 Å². The monoisotopic (exact) mass is 550 g/mol. The van der Waals surface area contributed by atoms with Gasteiger partial charge in [0.25, 0.3) is 11.5 Å². The first-order valence-electron chi connectivity index (χ1n) is 11.0. The number of nitrogens with one attached hydrogen (secondary N) is 1. The molecule has 1 aromatic heterocycles. The molecule has 3 aromatic carbocycles. The molecule has 0 unspecified atom stereocenters. The van der Waals surface area contributed by atoms with Crippen LogP contribution < -0.4 is 15.7 Å². The van der Waals surface area contributed by atoms with Crippen LogP contribution in [0.3, 0.4) is 0 Å². The van der Waals surface area contributed by atoms with Crippen LogP contribution in [0.4, 0.5) is 0 Å². The van der Waals surface area contributed by atoms with Gasteiger partial charge in [-0.2, -0.15) is 5.10 Å². The van der Waals surface area contributed by atoms with Gasteiger partial charge in [0.05, 0.1) is 35.2 Å². The maximum Gasteiger partial charge on any atom is 0.266 e. The zero-order chi connectivity index (χ0) is 24.6. The first-order valence-corrected chi connectivity index (χ1v) is 12.8. The van der Waals surface area contributed by atoms with Gasteiger partial charge < -0.3 is 4.74 Å². The van der Waals surface area contributed by atoms with Gasteiger partial charge in [0.15, 0.2) is 5.16 Å². The van der Waals surface area contributed by atoms with Crippen molar-refractivity contribution in [1.82, 2.24) is 15.0 Å². The Morgan fingerprint density at radius 1 is 1.11 bits per heavy atom. The highest BCUT2D eigenvalue weighted by molar-refractivity contribution is 9.10. The molecule has 4 aromatic rings. The number of ether oxygens (including phenoxy) is 1. The molecular weight excluding hydrogens is 528 g/mol. The summed E-state index contributed by atoms with van der Waals surface area (Å²) in [6.45, 7) is 2.72. The number of fused-ring (bicyclic) bond motifs is 1. The van der Waals surface area contributed by atoms with Crippen LogP contribution in [-0.2, 0) is 4.79 Å². The van der Waals surface area contributed by atoms with Gasteiger partial charge in [0, 0.05) is 4.47 Å². The molecule has 0 saturated carbocycles. The van der Waals surface area contributed by atoms with Gasteiger partial charge >= 0.3 is 0 Å². The summed E-state index contributed by atoms with van der Waals surface area (Å²) in [6, 6.07) is 22.0. The van der Waals surface area contributed by atoms with E-state index in [1.165, 1.54) is 16.3 Å². The molecule has 7 nitrogen and oxygen atoms in total. The topological polar surface area (TPSA) is 85.6 Å². The molecule has 9 heteroatoms. The Kier molecular flexibility index (Phi) is 8.33. The number of amides is 1. The average Bonchev–Trinajstić information content (AvgIpc) is 2.88. The van der Waals surface area contributed by atoms with E-state index in [9.17, 15) is 9.59 Å². The van der Waals surface area contributed by atoms with Gasteiger partial charge in [-0.3, -0.25) is 14.2 Å². The minimum absolute atomic E-state index is 0.0441. The van der Waals surface area contributed by atoms with E-state index >= 15 is 0 Å². The summed E-state index contributed by atoms with van der Waals surface area (Å²) < 4.78 is 7.99. The van der Waals surface area contributed by atoms with Crippen LogP contribution in [0.2, 0.25) is 0 Å². The Bertz CT molecular complexity index is 1400. The maximum atomic E-state index is 13.3. The number of benzene rings is 3. The van der Waals surface area contributed by atoms with Crippen LogP contribution in [-0.4, -0.2) is 34.0 Å². The van der Waals surface area contributed by atoms with Crippen LogP contribution in [0, 0.1) is 0 Å². The molecule has 0 atom stereocenters. The van der Waals surface area contributed by atoms with E-state index < -0.39 is 0 Å². The normalized spacial score (nSPS) is 11.1. The molecule has 0 fully saturated rings. The second-order valence-electron chi connectivity index (χ2n) is 7.53. The van der Waals surface area contributed by atoms with Crippen molar-refractivity contribution in [2.24, 2.45) is 5.10 Å². The summed E-state index contributed by atoms with van der Waals surface area (Å²) in [5.74, 6) is 0.533. The van der Waals surface area contributed by atoms with E-state index in [1.807, 2.05) is 54.6 Å². The van der Waals surface area contributed by atoms with E-state index in [1.54, 1.807) is 24.4 Å². The van der Waals surface area contributed by atoms with Crippen molar-refractivity contribution < 1.29 is 9.53 Å². The largest absolute Gasteiger partial charge is 0.494 e. The molecule has 0 bridgehead atoms. The van der Waals surface area contributed by atoms with Crippen molar-refractivity contribution in [2.75, 3.05) is 12.4 Å². The number of carbonyl (C=O) groups excluding carboxylic acids is 1. The third-order valence-electron chi connectivity index (χ3n) is 4.92. The standard InChI is InChI=1S/C26H23BrN4O3S/c1-2-15-34-21-13-7-18(8-14-21)16-28-30-24(32)17-35-26-29-23-6-4-3-5-22(23)25(33)31(26)20-11-9-19(27)10-12-20/h3-14,16H,2,15,17H2,1H3,(H,30,32)/b28-16+. The van der Waals surface area contributed by atoms with Crippen molar-refractivity contribution in [2.45, 2.75) is 18.5 Å². The van der Waals surface area contributed by atoms with Crippen LogP contribution in [0.25, 0.3) is 16.6 Å². The third kappa shape index (κ3) is 6.37.